The van der Waals surface area contributed by atoms with Gasteiger partial charge in [-0.05, 0) is 36.5 Å². The summed E-state index contributed by atoms with van der Waals surface area (Å²) < 4.78 is 46.5. The molecule has 2 atom stereocenters. The zero-order chi connectivity index (χ0) is 23.9. The SMILES string of the molecule is CC1CN(Cc2ccc(OC(F)(F)F)cc2)CC1C1=NC2=CN(C3CCOCC3)CN2C(=O)N1. The lowest BCUT2D eigenvalue weighted by atomic mass is 9.96. The molecule has 0 saturated carbocycles. The Labute approximate surface area is 196 Å². The quantitative estimate of drug-likeness (QED) is 0.702. The molecule has 34 heavy (non-hydrogen) atoms. The second kappa shape index (κ2) is 9.10. The van der Waals surface area contributed by atoms with Crippen LogP contribution in [0.15, 0.2) is 41.3 Å². The molecule has 0 spiro atoms. The van der Waals surface area contributed by atoms with E-state index in [-0.39, 0.29) is 23.6 Å². The highest BCUT2D eigenvalue weighted by molar-refractivity contribution is 6.02. The van der Waals surface area contributed by atoms with Crippen LogP contribution in [0.1, 0.15) is 25.3 Å². The minimum atomic E-state index is -4.70. The molecule has 1 aromatic carbocycles. The Hall–Kier alpha value is -2.79. The number of carbonyl (C=O) groups is 1. The molecule has 8 nitrogen and oxygen atoms in total. The van der Waals surface area contributed by atoms with Crippen LogP contribution in [0.25, 0.3) is 0 Å². The van der Waals surface area contributed by atoms with Crippen LogP contribution in [0.5, 0.6) is 5.75 Å². The summed E-state index contributed by atoms with van der Waals surface area (Å²) in [6.45, 7) is 6.21. The molecule has 4 aliphatic rings. The number of rotatable bonds is 5. The number of nitrogens with one attached hydrogen (secondary N) is 1. The number of ether oxygens (including phenoxy) is 2. The summed E-state index contributed by atoms with van der Waals surface area (Å²) in [7, 11) is 0. The normalized spacial score (nSPS) is 26.3. The van der Waals surface area contributed by atoms with Gasteiger partial charge in [-0.3, -0.25) is 15.1 Å². The molecular formula is C23H28F3N5O3. The van der Waals surface area contributed by atoms with Crippen LogP contribution in [0, 0.1) is 11.8 Å². The van der Waals surface area contributed by atoms with Crippen LogP contribution in [0.4, 0.5) is 18.0 Å². The fourth-order valence-corrected chi connectivity index (χ4v) is 5.10. The van der Waals surface area contributed by atoms with Crippen molar-refractivity contribution in [1.29, 1.82) is 0 Å². The van der Waals surface area contributed by atoms with Crippen molar-refractivity contribution in [1.82, 2.24) is 20.0 Å². The molecule has 2 amide bonds. The van der Waals surface area contributed by atoms with Crippen molar-refractivity contribution in [3.05, 3.63) is 41.8 Å². The first-order valence-electron chi connectivity index (χ1n) is 11.5. The van der Waals surface area contributed by atoms with Gasteiger partial charge >= 0.3 is 12.4 Å². The Bertz CT molecular complexity index is 975. The average molecular weight is 480 g/mol. The largest absolute Gasteiger partial charge is 0.573 e. The van der Waals surface area contributed by atoms with Crippen LogP contribution in [-0.2, 0) is 11.3 Å². The van der Waals surface area contributed by atoms with E-state index in [4.69, 9.17) is 9.73 Å². The Kier molecular flexibility index (Phi) is 6.15. The first-order valence-corrected chi connectivity index (χ1v) is 11.5. The van der Waals surface area contributed by atoms with Crippen molar-refractivity contribution >= 4 is 11.9 Å². The van der Waals surface area contributed by atoms with Gasteiger partial charge in [0, 0.05) is 51.0 Å². The highest BCUT2D eigenvalue weighted by Gasteiger charge is 2.40. The molecule has 2 fully saturated rings. The smallest absolute Gasteiger partial charge is 0.406 e. The number of fused-ring (bicyclic) bond motifs is 1. The Balaban J connectivity index is 1.23. The van der Waals surface area contributed by atoms with Crippen molar-refractivity contribution in [2.45, 2.75) is 38.7 Å². The van der Waals surface area contributed by atoms with E-state index < -0.39 is 6.36 Å². The first-order chi connectivity index (χ1) is 16.2. The van der Waals surface area contributed by atoms with Crippen LogP contribution >= 0.6 is 0 Å². The molecule has 1 N–H and O–H groups in total. The van der Waals surface area contributed by atoms with E-state index in [2.05, 4.69) is 26.8 Å². The second-order valence-corrected chi connectivity index (χ2v) is 9.31. The molecule has 0 bridgehead atoms. The van der Waals surface area contributed by atoms with Gasteiger partial charge < -0.3 is 14.4 Å². The lowest BCUT2D eigenvalue weighted by Crippen LogP contribution is -2.50. The van der Waals surface area contributed by atoms with E-state index in [1.165, 1.54) is 12.1 Å². The summed E-state index contributed by atoms with van der Waals surface area (Å²) in [5, 5.41) is 2.99. The van der Waals surface area contributed by atoms with Gasteiger partial charge in [-0.25, -0.2) is 9.79 Å². The molecule has 184 valence electrons. The molecule has 4 aliphatic heterocycles. The average Bonchev–Trinajstić information content (AvgIpc) is 3.38. The standard InChI is InChI=1S/C23H28F3N5O3/c1-15-10-29(11-16-2-4-18(5-3-16)34-23(24,25)26)12-19(15)21-27-20-13-30(14-31(20)22(32)28-21)17-6-8-33-9-7-17/h2-5,13,15,17,19H,6-12,14H2,1H3,(H,27,28,32). The number of carbonyl (C=O) groups excluding carboxylic acids is 1. The second-order valence-electron chi connectivity index (χ2n) is 9.31. The third-order valence-corrected chi connectivity index (χ3v) is 6.84. The summed E-state index contributed by atoms with van der Waals surface area (Å²) in [6, 6.07) is 6.15. The zero-order valence-corrected chi connectivity index (χ0v) is 18.9. The Morgan fingerprint density at radius 1 is 1.18 bits per heavy atom. The predicted octanol–water partition coefficient (Wildman–Crippen LogP) is 3.33. The molecule has 5 rings (SSSR count). The number of amides is 2. The minimum Gasteiger partial charge on any atom is -0.406 e. The maximum atomic E-state index is 12.8. The minimum absolute atomic E-state index is 0.0666. The Morgan fingerprint density at radius 2 is 1.91 bits per heavy atom. The first kappa shape index (κ1) is 23.0. The highest BCUT2D eigenvalue weighted by Crippen LogP contribution is 2.31. The third kappa shape index (κ3) is 5.00. The van der Waals surface area contributed by atoms with Gasteiger partial charge in [0.1, 0.15) is 18.3 Å². The van der Waals surface area contributed by atoms with Gasteiger partial charge in [-0.15, -0.1) is 13.2 Å². The van der Waals surface area contributed by atoms with Gasteiger partial charge in [0.15, 0.2) is 5.82 Å². The summed E-state index contributed by atoms with van der Waals surface area (Å²) >= 11 is 0. The van der Waals surface area contributed by atoms with Crippen LogP contribution in [-0.4, -0.2) is 71.9 Å². The number of likely N-dealkylation sites (tertiary alicyclic amines) is 1. The van der Waals surface area contributed by atoms with Crippen LogP contribution in [0.2, 0.25) is 0 Å². The van der Waals surface area contributed by atoms with Crippen molar-refractivity contribution in [2.75, 3.05) is 33.0 Å². The highest BCUT2D eigenvalue weighted by atomic mass is 19.4. The summed E-state index contributed by atoms with van der Waals surface area (Å²) in [5.74, 6) is 1.47. The maximum absolute atomic E-state index is 12.8. The van der Waals surface area contributed by atoms with E-state index in [1.54, 1.807) is 17.0 Å². The number of halogens is 3. The summed E-state index contributed by atoms with van der Waals surface area (Å²) in [5.41, 5.74) is 0.897. The molecule has 4 heterocycles. The van der Waals surface area contributed by atoms with Crippen LogP contribution < -0.4 is 10.1 Å². The van der Waals surface area contributed by atoms with Crippen molar-refractivity contribution < 1.29 is 27.4 Å². The molecular weight excluding hydrogens is 451 g/mol. The van der Waals surface area contributed by atoms with Gasteiger partial charge in [0.05, 0.1) is 0 Å². The number of benzene rings is 1. The van der Waals surface area contributed by atoms with Gasteiger partial charge in [0.2, 0.25) is 0 Å². The zero-order valence-electron chi connectivity index (χ0n) is 18.9. The van der Waals surface area contributed by atoms with Gasteiger partial charge in [0.25, 0.3) is 0 Å². The molecule has 0 radical (unpaired) electrons. The number of amidine groups is 1. The van der Waals surface area contributed by atoms with E-state index in [9.17, 15) is 18.0 Å². The van der Waals surface area contributed by atoms with Crippen molar-refractivity contribution in [3.8, 4) is 5.75 Å². The summed E-state index contributed by atoms with van der Waals surface area (Å²) in [4.78, 5) is 23.7. The molecule has 2 unspecified atom stereocenters. The number of nitrogens with zero attached hydrogens (tertiary/aromatic N) is 4. The number of urea groups is 1. The molecule has 11 heteroatoms. The summed E-state index contributed by atoms with van der Waals surface area (Å²) in [6.07, 6.45) is -0.839. The third-order valence-electron chi connectivity index (χ3n) is 6.84. The molecule has 0 aliphatic carbocycles. The van der Waals surface area contributed by atoms with Gasteiger partial charge in [-0.2, -0.15) is 0 Å². The lowest BCUT2D eigenvalue weighted by Gasteiger charge is -2.32. The number of hydrogen-bond donors (Lipinski definition) is 1. The van der Waals surface area contributed by atoms with Crippen molar-refractivity contribution in [2.24, 2.45) is 16.8 Å². The lowest BCUT2D eigenvalue weighted by molar-refractivity contribution is -0.274. The van der Waals surface area contributed by atoms with E-state index in [1.807, 2.05) is 6.20 Å². The molecule has 1 aromatic rings. The number of hydrogen-bond acceptors (Lipinski definition) is 6. The fourth-order valence-electron chi connectivity index (χ4n) is 5.10. The number of aliphatic imine (C=N–C) groups is 1. The molecule has 0 aromatic heterocycles. The maximum Gasteiger partial charge on any atom is 0.573 e. The topological polar surface area (TPSA) is 69.6 Å². The fraction of sp³-hybridized carbons (Fsp3) is 0.565. The van der Waals surface area contributed by atoms with E-state index >= 15 is 0 Å². The number of alkyl halides is 3. The van der Waals surface area contributed by atoms with Crippen LogP contribution in [0.3, 0.4) is 0 Å². The Morgan fingerprint density at radius 3 is 2.62 bits per heavy atom. The monoisotopic (exact) mass is 479 g/mol. The predicted molar refractivity (Wildman–Crippen MR) is 117 cm³/mol. The van der Waals surface area contributed by atoms with E-state index in [0.29, 0.717) is 37.5 Å². The molecule has 2 saturated heterocycles. The van der Waals surface area contributed by atoms with Gasteiger partial charge in [-0.1, -0.05) is 19.1 Å². The van der Waals surface area contributed by atoms with Crippen molar-refractivity contribution in [3.63, 3.8) is 0 Å². The van der Waals surface area contributed by atoms with E-state index in [0.717, 1.165) is 38.2 Å².